The van der Waals surface area contributed by atoms with E-state index < -0.39 is 12.1 Å². The number of hydrogen-bond donors (Lipinski definition) is 4. The van der Waals surface area contributed by atoms with Crippen LogP contribution in [0.3, 0.4) is 0 Å². The Labute approximate surface area is 189 Å². The third-order valence-electron chi connectivity index (χ3n) is 5.66. The van der Waals surface area contributed by atoms with Gasteiger partial charge in [0.2, 0.25) is 0 Å². The number of imide groups is 1. The smallest absolute Gasteiger partial charge is 0.332 e. The van der Waals surface area contributed by atoms with Crippen molar-refractivity contribution in [1.82, 2.24) is 9.88 Å². The number of benzene rings is 2. The lowest BCUT2D eigenvalue weighted by Crippen LogP contribution is -2.39. The number of carbonyl (C=O) groups is 3. The Hall–Kier alpha value is -4.37. The van der Waals surface area contributed by atoms with Gasteiger partial charge in [-0.3, -0.25) is 9.69 Å². The fraction of sp³-hybridized carbons (Fsp3) is 0.125. The quantitative estimate of drug-likeness (QED) is 0.462. The Morgan fingerprint density at radius 1 is 1.09 bits per heavy atom. The summed E-state index contributed by atoms with van der Waals surface area (Å²) in [5.74, 6) is -0.222. The van der Waals surface area contributed by atoms with Crippen LogP contribution in [0.5, 0.6) is 0 Å². The maximum Gasteiger partial charge on any atom is 0.332 e. The molecule has 4 N–H and O–H groups in total. The molecular formula is C24H21N5O4. The van der Waals surface area contributed by atoms with Crippen molar-refractivity contribution in [2.75, 3.05) is 28.6 Å². The van der Waals surface area contributed by atoms with E-state index in [4.69, 9.17) is 0 Å². The Kier molecular flexibility index (Phi) is 5.15. The minimum atomic E-state index is -0.541. The molecule has 5 amide bonds. The first-order valence-corrected chi connectivity index (χ1v) is 10.4. The van der Waals surface area contributed by atoms with Crippen LogP contribution in [0.4, 0.5) is 26.7 Å². The van der Waals surface area contributed by atoms with Crippen molar-refractivity contribution >= 4 is 46.7 Å². The largest absolute Gasteiger partial charge is 0.392 e. The van der Waals surface area contributed by atoms with E-state index in [9.17, 15) is 19.5 Å². The number of nitrogens with one attached hydrogen (secondary N) is 3. The minimum Gasteiger partial charge on any atom is -0.392 e. The number of fused-ring (bicyclic) bond motifs is 1. The van der Waals surface area contributed by atoms with Crippen molar-refractivity contribution < 1.29 is 19.5 Å². The molecule has 3 aromatic rings. The monoisotopic (exact) mass is 443 g/mol. The summed E-state index contributed by atoms with van der Waals surface area (Å²) in [5, 5.41) is 14.7. The fourth-order valence-electron chi connectivity index (χ4n) is 3.94. The van der Waals surface area contributed by atoms with E-state index in [-0.39, 0.29) is 19.1 Å². The van der Waals surface area contributed by atoms with E-state index in [0.29, 0.717) is 29.2 Å². The Balaban J connectivity index is 1.29. The van der Waals surface area contributed by atoms with E-state index in [1.54, 1.807) is 54.7 Å². The minimum absolute atomic E-state index is 0.0762. The van der Waals surface area contributed by atoms with Gasteiger partial charge in [-0.25, -0.2) is 14.5 Å². The van der Waals surface area contributed by atoms with Gasteiger partial charge in [-0.15, -0.1) is 0 Å². The first-order chi connectivity index (χ1) is 16.0. The van der Waals surface area contributed by atoms with Gasteiger partial charge >= 0.3 is 12.1 Å². The van der Waals surface area contributed by atoms with E-state index >= 15 is 0 Å². The Morgan fingerprint density at radius 2 is 1.91 bits per heavy atom. The van der Waals surface area contributed by atoms with Crippen LogP contribution in [0.15, 0.2) is 60.8 Å². The molecule has 3 heterocycles. The lowest BCUT2D eigenvalue weighted by atomic mass is 10.1. The molecule has 1 saturated heterocycles. The van der Waals surface area contributed by atoms with Gasteiger partial charge in [-0.05, 0) is 48.0 Å². The van der Waals surface area contributed by atoms with Crippen LogP contribution in [-0.4, -0.2) is 46.0 Å². The number of anilines is 3. The molecule has 0 spiro atoms. The van der Waals surface area contributed by atoms with Gasteiger partial charge < -0.3 is 20.7 Å². The van der Waals surface area contributed by atoms with E-state index in [2.05, 4.69) is 15.6 Å². The van der Waals surface area contributed by atoms with Crippen LogP contribution < -0.4 is 15.5 Å². The summed E-state index contributed by atoms with van der Waals surface area (Å²) in [6.45, 7) is 0.544. The number of amides is 5. The van der Waals surface area contributed by atoms with Crippen molar-refractivity contribution in [3.8, 4) is 0 Å². The number of aromatic nitrogens is 1. The highest BCUT2D eigenvalue weighted by Gasteiger charge is 2.34. The van der Waals surface area contributed by atoms with E-state index in [1.165, 1.54) is 4.90 Å². The summed E-state index contributed by atoms with van der Waals surface area (Å²) in [5.41, 5.74) is 4.55. The molecule has 33 heavy (non-hydrogen) atoms. The fourth-order valence-corrected chi connectivity index (χ4v) is 3.94. The Morgan fingerprint density at radius 3 is 2.64 bits per heavy atom. The van der Waals surface area contributed by atoms with Gasteiger partial charge in [0.25, 0.3) is 5.91 Å². The summed E-state index contributed by atoms with van der Waals surface area (Å²) >= 11 is 0. The second kappa shape index (κ2) is 8.29. The molecule has 0 aliphatic carbocycles. The number of aromatic amines is 1. The molecule has 2 aliphatic heterocycles. The highest BCUT2D eigenvalue weighted by atomic mass is 16.3. The lowest BCUT2D eigenvalue weighted by molar-refractivity contribution is -0.110. The zero-order chi connectivity index (χ0) is 22.9. The number of H-pyrrole nitrogens is 1. The van der Waals surface area contributed by atoms with E-state index in [1.807, 2.05) is 12.1 Å². The molecule has 1 fully saturated rings. The van der Waals surface area contributed by atoms with Crippen LogP contribution in [0.25, 0.3) is 11.6 Å². The summed E-state index contributed by atoms with van der Waals surface area (Å²) in [6.07, 6.45) is 3.55. The standard InChI is InChI=1S/C24H21N5O4/c30-14-15-3-6-18(7-4-15)28-10-11-29(24(28)33)23(32)26-17-5-8-19-20(12-16-2-1-9-25-16)22(31)27-21(19)13-17/h1-9,12-13,25,30H,10-11,14H2,(H,26,32)(H,27,31)/b20-12-. The number of rotatable bonds is 4. The molecule has 9 nitrogen and oxygen atoms in total. The van der Waals surface area contributed by atoms with Gasteiger partial charge in [0.1, 0.15) is 0 Å². The van der Waals surface area contributed by atoms with Crippen molar-refractivity contribution in [2.45, 2.75) is 6.61 Å². The van der Waals surface area contributed by atoms with Crippen LogP contribution in [0.2, 0.25) is 0 Å². The molecule has 0 atom stereocenters. The number of nitrogens with zero attached hydrogens (tertiary/aromatic N) is 2. The maximum atomic E-state index is 12.8. The molecule has 0 bridgehead atoms. The summed E-state index contributed by atoms with van der Waals surface area (Å²) in [4.78, 5) is 43.7. The molecule has 2 aromatic carbocycles. The molecular weight excluding hydrogens is 422 g/mol. The normalized spacial score (nSPS) is 16.3. The van der Waals surface area contributed by atoms with Crippen molar-refractivity contribution in [1.29, 1.82) is 0 Å². The zero-order valence-electron chi connectivity index (χ0n) is 17.5. The average molecular weight is 443 g/mol. The molecule has 166 valence electrons. The first kappa shape index (κ1) is 20.5. The molecule has 2 aliphatic rings. The van der Waals surface area contributed by atoms with Gasteiger partial charge in [0, 0.05) is 35.4 Å². The van der Waals surface area contributed by atoms with Crippen molar-refractivity contribution in [2.24, 2.45) is 0 Å². The van der Waals surface area contributed by atoms with Gasteiger partial charge in [0.05, 0.1) is 24.4 Å². The number of hydrogen-bond acceptors (Lipinski definition) is 4. The van der Waals surface area contributed by atoms with Gasteiger partial charge in [-0.1, -0.05) is 18.2 Å². The number of aliphatic hydroxyl groups is 1. The lowest BCUT2D eigenvalue weighted by Gasteiger charge is -2.18. The second-order valence-electron chi connectivity index (χ2n) is 7.74. The topological polar surface area (TPSA) is 118 Å². The SMILES string of the molecule is O=C1Nc2cc(NC(=O)N3CCN(c4ccc(CO)cc4)C3=O)ccc2/C1=C/c1ccc[nH]1. The highest BCUT2D eigenvalue weighted by molar-refractivity contribution is 6.35. The predicted molar refractivity (Wildman–Crippen MR) is 125 cm³/mol. The molecule has 0 saturated carbocycles. The number of carbonyl (C=O) groups excluding carboxylic acids is 3. The zero-order valence-corrected chi connectivity index (χ0v) is 17.5. The highest BCUT2D eigenvalue weighted by Crippen LogP contribution is 2.35. The molecule has 9 heteroatoms. The Bertz CT molecular complexity index is 1260. The summed E-state index contributed by atoms with van der Waals surface area (Å²) < 4.78 is 0. The molecule has 5 rings (SSSR count). The van der Waals surface area contributed by atoms with Crippen LogP contribution in [0, 0.1) is 0 Å². The summed E-state index contributed by atoms with van der Waals surface area (Å²) in [6, 6.07) is 14.9. The average Bonchev–Trinajstić information content (AvgIpc) is 3.54. The third-order valence-corrected chi connectivity index (χ3v) is 5.66. The van der Waals surface area contributed by atoms with Crippen molar-refractivity contribution in [3.63, 3.8) is 0 Å². The summed E-state index contributed by atoms with van der Waals surface area (Å²) in [7, 11) is 0. The maximum absolute atomic E-state index is 12.8. The third kappa shape index (κ3) is 3.85. The van der Waals surface area contributed by atoms with Gasteiger partial charge in [0.15, 0.2) is 0 Å². The molecule has 0 radical (unpaired) electrons. The number of aliphatic hydroxyl groups excluding tert-OH is 1. The van der Waals surface area contributed by atoms with E-state index in [0.717, 1.165) is 21.7 Å². The molecule has 1 aromatic heterocycles. The first-order valence-electron chi connectivity index (χ1n) is 10.4. The number of urea groups is 2. The van der Waals surface area contributed by atoms with Crippen LogP contribution in [-0.2, 0) is 11.4 Å². The van der Waals surface area contributed by atoms with Crippen LogP contribution >= 0.6 is 0 Å². The second-order valence-corrected chi connectivity index (χ2v) is 7.74. The van der Waals surface area contributed by atoms with Gasteiger partial charge in [-0.2, -0.15) is 0 Å². The van der Waals surface area contributed by atoms with Crippen molar-refractivity contribution in [3.05, 3.63) is 77.6 Å². The predicted octanol–water partition coefficient (Wildman–Crippen LogP) is 3.47. The van der Waals surface area contributed by atoms with Crippen LogP contribution in [0.1, 0.15) is 16.8 Å². The molecule has 0 unspecified atom stereocenters.